The van der Waals surface area contributed by atoms with Crippen molar-refractivity contribution in [3.05, 3.63) is 36.4 Å². The van der Waals surface area contributed by atoms with Crippen LogP contribution in [-0.4, -0.2) is 24.5 Å². The number of aliphatic hydroxyl groups excluding tert-OH is 1. The third kappa shape index (κ3) is 2.67. The lowest BCUT2D eigenvalue weighted by molar-refractivity contribution is -0.111. The molecule has 0 aromatic heterocycles. The van der Waals surface area contributed by atoms with Gasteiger partial charge in [0.1, 0.15) is 12.0 Å². The molecule has 0 bridgehead atoms. The molecule has 0 atom stereocenters. The van der Waals surface area contributed by atoms with E-state index in [9.17, 15) is 9.90 Å². The summed E-state index contributed by atoms with van der Waals surface area (Å²) in [4.78, 5) is 12.9. The van der Waals surface area contributed by atoms with Crippen LogP contribution in [0.4, 0.5) is 5.69 Å². The predicted molar refractivity (Wildman–Crippen MR) is 69.1 cm³/mol. The Morgan fingerprint density at radius 2 is 1.88 bits per heavy atom. The first-order chi connectivity index (χ1) is 8.20. The molecule has 1 fully saturated rings. The molecule has 2 rings (SSSR count). The van der Waals surface area contributed by atoms with Crippen LogP contribution in [0.3, 0.4) is 0 Å². The van der Waals surface area contributed by atoms with Crippen LogP contribution in [-0.2, 0) is 4.79 Å². The molecule has 0 unspecified atom stereocenters. The molecule has 1 aromatic rings. The lowest BCUT2D eigenvalue weighted by atomic mass is 9.98. The fourth-order valence-corrected chi connectivity index (χ4v) is 2.16. The highest BCUT2D eigenvalue weighted by Crippen LogP contribution is 2.23. The fourth-order valence-electron chi connectivity index (χ4n) is 2.16. The minimum Gasteiger partial charge on any atom is -0.508 e. The average molecular weight is 231 g/mol. The summed E-state index contributed by atoms with van der Waals surface area (Å²) in [6.45, 7) is 5.33. The summed E-state index contributed by atoms with van der Waals surface area (Å²) in [6, 6.07) is 7.70. The first kappa shape index (κ1) is 11.7. The third-order valence-corrected chi connectivity index (χ3v) is 3.30. The van der Waals surface area contributed by atoms with Crippen LogP contribution in [0, 0.1) is 5.92 Å². The zero-order valence-electron chi connectivity index (χ0n) is 9.80. The highest BCUT2D eigenvalue weighted by molar-refractivity contribution is 5.60. The lowest BCUT2D eigenvalue weighted by Gasteiger charge is -2.31. The molecule has 1 aliphatic rings. The number of nitrogens with zero attached hydrogens (tertiary/aromatic N) is 1. The topological polar surface area (TPSA) is 40.5 Å². The van der Waals surface area contributed by atoms with E-state index in [-0.39, 0.29) is 11.7 Å². The monoisotopic (exact) mass is 231 g/mol. The number of rotatable bonds is 3. The van der Waals surface area contributed by atoms with E-state index in [0.717, 1.165) is 43.5 Å². The second-order valence-electron chi connectivity index (χ2n) is 4.45. The standard InChI is InChI=1S/C14H17NO2/c1-11(17)13-2-4-14(5-3-13)15-8-6-12(10-16)7-9-15/h2-5,10,12,17H,1,6-9H2. The maximum Gasteiger partial charge on any atom is 0.123 e. The van der Waals surface area contributed by atoms with Gasteiger partial charge >= 0.3 is 0 Å². The second-order valence-corrected chi connectivity index (χ2v) is 4.45. The van der Waals surface area contributed by atoms with E-state index in [2.05, 4.69) is 11.5 Å². The largest absolute Gasteiger partial charge is 0.508 e. The maximum absolute atomic E-state index is 10.7. The number of hydrogen-bond donors (Lipinski definition) is 1. The number of piperidine rings is 1. The number of anilines is 1. The van der Waals surface area contributed by atoms with Gasteiger partial charge in [-0.15, -0.1) is 0 Å². The molecule has 1 aromatic carbocycles. The molecule has 1 heterocycles. The molecule has 17 heavy (non-hydrogen) atoms. The predicted octanol–water partition coefficient (Wildman–Crippen LogP) is 2.63. The van der Waals surface area contributed by atoms with Gasteiger partial charge in [-0.05, 0) is 37.1 Å². The van der Waals surface area contributed by atoms with Gasteiger partial charge in [-0.2, -0.15) is 0 Å². The third-order valence-electron chi connectivity index (χ3n) is 3.30. The molecule has 3 nitrogen and oxygen atoms in total. The molecular formula is C14H17NO2. The summed E-state index contributed by atoms with van der Waals surface area (Å²) < 4.78 is 0. The van der Waals surface area contributed by atoms with Crippen LogP contribution in [0.25, 0.3) is 5.76 Å². The van der Waals surface area contributed by atoms with Crippen molar-refractivity contribution in [3.63, 3.8) is 0 Å². The van der Waals surface area contributed by atoms with E-state index in [1.807, 2.05) is 24.3 Å². The van der Waals surface area contributed by atoms with Gasteiger partial charge in [0.2, 0.25) is 0 Å². The second kappa shape index (κ2) is 5.04. The first-order valence-corrected chi connectivity index (χ1v) is 5.89. The SMILES string of the molecule is C=C(O)c1ccc(N2CCC(C=O)CC2)cc1. The molecule has 1 N–H and O–H groups in total. The number of benzene rings is 1. The summed E-state index contributed by atoms with van der Waals surface area (Å²) in [5, 5.41) is 9.24. The van der Waals surface area contributed by atoms with Crippen molar-refractivity contribution in [2.45, 2.75) is 12.8 Å². The Morgan fingerprint density at radius 1 is 1.29 bits per heavy atom. The smallest absolute Gasteiger partial charge is 0.123 e. The van der Waals surface area contributed by atoms with Gasteiger partial charge in [-0.1, -0.05) is 6.58 Å². The Morgan fingerprint density at radius 3 is 2.35 bits per heavy atom. The van der Waals surface area contributed by atoms with Gasteiger partial charge in [0, 0.05) is 30.3 Å². The number of hydrogen-bond acceptors (Lipinski definition) is 3. The summed E-state index contributed by atoms with van der Waals surface area (Å²) in [7, 11) is 0. The zero-order chi connectivity index (χ0) is 12.3. The van der Waals surface area contributed by atoms with E-state index >= 15 is 0 Å². The molecule has 0 saturated carbocycles. The minimum absolute atomic E-state index is 0.0937. The number of aliphatic hydroxyl groups is 1. The number of carbonyl (C=O) groups is 1. The summed E-state index contributed by atoms with van der Waals surface area (Å²) >= 11 is 0. The number of aldehydes is 1. The van der Waals surface area contributed by atoms with Crippen LogP contribution >= 0.6 is 0 Å². The Hall–Kier alpha value is -1.77. The van der Waals surface area contributed by atoms with Crippen molar-refractivity contribution in [3.8, 4) is 0 Å². The molecule has 0 spiro atoms. The van der Waals surface area contributed by atoms with Gasteiger partial charge < -0.3 is 14.8 Å². The van der Waals surface area contributed by atoms with Gasteiger partial charge in [-0.3, -0.25) is 0 Å². The molecule has 1 saturated heterocycles. The molecular weight excluding hydrogens is 214 g/mol. The van der Waals surface area contributed by atoms with Crippen molar-refractivity contribution in [1.82, 2.24) is 0 Å². The Kier molecular flexibility index (Phi) is 3.47. The summed E-state index contributed by atoms with van der Waals surface area (Å²) in [5.74, 6) is 0.318. The molecule has 0 radical (unpaired) electrons. The number of carbonyl (C=O) groups excluding carboxylic acids is 1. The van der Waals surface area contributed by atoms with Crippen LogP contribution in [0.2, 0.25) is 0 Å². The van der Waals surface area contributed by atoms with Crippen molar-refractivity contribution < 1.29 is 9.90 Å². The Bertz CT molecular complexity index is 403. The fraction of sp³-hybridized carbons (Fsp3) is 0.357. The lowest BCUT2D eigenvalue weighted by Crippen LogP contribution is -2.33. The highest BCUT2D eigenvalue weighted by Gasteiger charge is 2.18. The van der Waals surface area contributed by atoms with Crippen LogP contribution in [0.1, 0.15) is 18.4 Å². The maximum atomic E-state index is 10.7. The van der Waals surface area contributed by atoms with Crippen molar-refractivity contribution >= 4 is 17.7 Å². The summed E-state index contributed by atoms with van der Waals surface area (Å²) in [6.07, 6.45) is 2.92. The van der Waals surface area contributed by atoms with Crippen molar-refractivity contribution in [1.29, 1.82) is 0 Å². The van der Waals surface area contributed by atoms with Crippen LogP contribution in [0.5, 0.6) is 0 Å². The zero-order valence-corrected chi connectivity index (χ0v) is 9.80. The van der Waals surface area contributed by atoms with Crippen molar-refractivity contribution in [2.75, 3.05) is 18.0 Å². The molecule has 90 valence electrons. The van der Waals surface area contributed by atoms with Gasteiger partial charge in [0.15, 0.2) is 0 Å². The van der Waals surface area contributed by atoms with Gasteiger partial charge in [0.25, 0.3) is 0 Å². The quantitative estimate of drug-likeness (QED) is 0.642. The summed E-state index contributed by atoms with van der Waals surface area (Å²) in [5.41, 5.74) is 1.89. The van der Waals surface area contributed by atoms with Gasteiger partial charge in [-0.25, -0.2) is 0 Å². The van der Waals surface area contributed by atoms with Gasteiger partial charge in [0.05, 0.1) is 0 Å². The normalized spacial score (nSPS) is 16.8. The Labute approximate surface area is 101 Å². The molecule has 1 aliphatic heterocycles. The minimum atomic E-state index is 0.0937. The van der Waals surface area contributed by atoms with E-state index in [0.29, 0.717) is 0 Å². The molecule has 0 aliphatic carbocycles. The Balaban J connectivity index is 2.03. The van der Waals surface area contributed by atoms with Crippen LogP contribution < -0.4 is 4.90 Å². The van der Waals surface area contributed by atoms with Crippen LogP contribution in [0.15, 0.2) is 30.8 Å². The van der Waals surface area contributed by atoms with Crippen molar-refractivity contribution in [2.24, 2.45) is 5.92 Å². The average Bonchev–Trinajstić information content (AvgIpc) is 2.39. The molecule has 0 amide bonds. The van der Waals surface area contributed by atoms with E-state index in [1.54, 1.807) is 0 Å². The van der Waals surface area contributed by atoms with E-state index < -0.39 is 0 Å². The molecule has 3 heteroatoms. The highest BCUT2D eigenvalue weighted by atomic mass is 16.3. The first-order valence-electron chi connectivity index (χ1n) is 5.89. The van der Waals surface area contributed by atoms with E-state index in [4.69, 9.17) is 0 Å². The van der Waals surface area contributed by atoms with E-state index in [1.165, 1.54) is 0 Å².